The maximum absolute atomic E-state index is 12.7. The van der Waals surface area contributed by atoms with Crippen LogP contribution in [0.15, 0.2) is 42.5 Å². The number of non-ortho nitro benzene ring substituents is 1. The first-order valence-electron chi connectivity index (χ1n) is 9.57. The highest BCUT2D eigenvalue weighted by Crippen LogP contribution is 2.27. The third kappa shape index (κ3) is 6.27. The number of nitro benzene ring substituents is 1. The van der Waals surface area contributed by atoms with Gasteiger partial charge >= 0.3 is 0 Å². The van der Waals surface area contributed by atoms with Crippen molar-refractivity contribution in [1.29, 1.82) is 0 Å². The van der Waals surface area contributed by atoms with Crippen molar-refractivity contribution >= 4 is 40.5 Å². The lowest BCUT2D eigenvalue weighted by Gasteiger charge is -2.27. The second-order valence-corrected chi connectivity index (χ2v) is 7.33. The van der Waals surface area contributed by atoms with Gasteiger partial charge < -0.3 is 10.6 Å². The molecule has 2 rings (SSSR count). The van der Waals surface area contributed by atoms with Crippen LogP contribution in [0.3, 0.4) is 0 Å². The van der Waals surface area contributed by atoms with E-state index in [2.05, 4.69) is 10.6 Å². The van der Waals surface area contributed by atoms with E-state index in [9.17, 15) is 19.7 Å². The number of hydrogen-bond acceptors (Lipinski definition) is 5. The number of halogens is 1. The maximum Gasteiger partial charge on any atom is 0.271 e. The molecule has 1 unspecified atom stereocenters. The Morgan fingerprint density at radius 1 is 1.17 bits per heavy atom. The predicted octanol–water partition coefficient (Wildman–Crippen LogP) is 4.23. The molecule has 0 heterocycles. The smallest absolute Gasteiger partial charge is 0.271 e. The lowest BCUT2D eigenvalue weighted by Crippen LogP contribution is -2.46. The van der Waals surface area contributed by atoms with Gasteiger partial charge in [-0.1, -0.05) is 36.7 Å². The first-order chi connectivity index (χ1) is 14.2. The topological polar surface area (TPSA) is 105 Å². The number of rotatable bonds is 9. The largest absolute Gasteiger partial charge is 0.325 e. The first kappa shape index (κ1) is 23.3. The number of para-hydroxylation sites is 1. The summed E-state index contributed by atoms with van der Waals surface area (Å²) in [6, 6.07) is 10.6. The van der Waals surface area contributed by atoms with Crippen molar-refractivity contribution < 1.29 is 14.5 Å². The Bertz CT molecular complexity index is 935. The zero-order valence-corrected chi connectivity index (χ0v) is 17.9. The van der Waals surface area contributed by atoms with Crippen LogP contribution in [0.1, 0.15) is 25.8 Å². The molecule has 1 atom stereocenters. The number of nitro groups is 1. The minimum atomic E-state index is -0.650. The second-order valence-electron chi connectivity index (χ2n) is 6.92. The van der Waals surface area contributed by atoms with Crippen LogP contribution in [-0.4, -0.2) is 40.8 Å². The molecule has 2 amide bonds. The monoisotopic (exact) mass is 432 g/mol. The first-order valence-corrected chi connectivity index (χ1v) is 9.95. The molecular weight excluding hydrogens is 408 g/mol. The molecule has 30 heavy (non-hydrogen) atoms. The van der Waals surface area contributed by atoms with E-state index < -0.39 is 16.9 Å². The van der Waals surface area contributed by atoms with Crippen molar-refractivity contribution in [3.8, 4) is 0 Å². The van der Waals surface area contributed by atoms with Crippen LogP contribution >= 0.6 is 11.6 Å². The Hall–Kier alpha value is -2.97. The highest BCUT2D eigenvalue weighted by Gasteiger charge is 2.24. The van der Waals surface area contributed by atoms with Crippen LogP contribution in [0.4, 0.5) is 17.1 Å². The average Bonchev–Trinajstić information content (AvgIpc) is 2.70. The van der Waals surface area contributed by atoms with E-state index in [0.717, 1.165) is 17.7 Å². The third-order valence-electron chi connectivity index (χ3n) is 4.62. The highest BCUT2D eigenvalue weighted by atomic mass is 35.5. The minimum Gasteiger partial charge on any atom is -0.325 e. The molecule has 0 spiro atoms. The molecule has 0 radical (unpaired) electrons. The molecule has 8 nitrogen and oxygen atoms in total. The van der Waals surface area contributed by atoms with E-state index in [-0.39, 0.29) is 28.8 Å². The summed E-state index contributed by atoms with van der Waals surface area (Å²) in [7, 11) is 0. The summed E-state index contributed by atoms with van der Waals surface area (Å²) < 4.78 is 0. The van der Waals surface area contributed by atoms with Crippen molar-refractivity contribution in [1.82, 2.24) is 4.90 Å². The number of anilines is 2. The standard InChI is InChI=1S/C21H25ClN4O4/c1-4-11-25(13-20(27)23-18-8-6-5-7-14(18)2)15(3)21(28)24-19-12-16(26(29)30)9-10-17(19)22/h5-10,12,15H,4,11,13H2,1-3H3,(H,23,27)(H,24,28). The summed E-state index contributed by atoms with van der Waals surface area (Å²) in [5, 5.41) is 16.7. The summed E-state index contributed by atoms with van der Waals surface area (Å²) in [6.07, 6.45) is 0.743. The molecule has 0 aromatic heterocycles. The Morgan fingerprint density at radius 3 is 2.50 bits per heavy atom. The van der Waals surface area contributed by atoms with Gasteiger partial charge in [0.2, 0.25) is 11.8 Å². The van der Waals surface area contributed by atoms with Gasteiger partial charge in [0, 0.05) is 17.8 Å². The van der Waals surface area contributed by atoms with E-state index in [0.29, 0.717) is 6.54 Å². The van der Waals surface area contributed by atoms with Crippen molar-refractivity contribution in [2.75, 3.05) is 23.7 Å². The number of nitrogens with one attached hydrogen (secondary N) is 2. The molecule has 0 bridgehead atoms. The molecule has 2 aromatic rings. The molecular formula is C21H25ClN4O4. The van der Waals surface area contributed by atoms with Crippen LogP contribution in [0, 0.1) is 17.0 Å². The van der Waals surface area contributed by atoms with Crippen LogP contribution in [-0.2, 0) is 9.59 Å². The fourth-order valence-corrected chi connectivity index (χ4v) is 3.07. The van der Waals surface area contributed by atoms with Gasteiger partial charge in [0.25, 0.3) is 5.69 Å². The van der Waals surface area contributed by atoms with Gasteiger partial charge in [0.05, 0.1) is 28.2 Å². The summed E-state index contributed by atoms with van der Waals surface area (Å²) in [4.78, 5) is 37.4. The van der Waals surface area contributed by atoms with Crippen molar-refractivity contribution in [3.05, 3.63) is 63.2 Å². The molecule has 0 aliphatic rings. The van der Waals surface area contributed by atoms with Crippen LogP contribution in [0.2, 0.25) is 5.02 Å². The molecule has 2 aromatic carbocycles. The third-order valence-corrected chi connectivity index (χ3v) is 4.95. The van der Waals surface area contributed by atoms with Gasteiger partial charge in [0.1, 0.15) is 0 Å². The van der Waals surface area contributed by atoms with Gasteiger partial charge in [-0.2, -0.15) is 0 Å². The molecule has 0 fully saturated rings. The molecule has 0 saturated carbocycles. The summed E-state index contributed by atoms with van der Waals surface area (Å²) in [5.74, 6) is -0.639. The van der Waals surface area contributed by atoms with E-state index in [1.165, 1.54) is 18.2 Å². The normalized spacial score (nSPS) is 11.8. The summed E-state index contributed by atoms with van der Waals surface area (Å²) >= 11 is 6.06. The molecule has 160 valence electrons. The average molecular weight is 433 g/mol. The van der Waals surface area contributed by atoms with Gasteiger partial charge in [-0.15, -0.1) is 0 Å². The number of nitrogens with zero attached hydrogens (tertiary/aromatic N) is 2. The minimum absolute atomic E-state index is 0.0272. The lowest BCUT2D eigenvalue weighted by atomic mass is 10.2. The molecule has 0 aliphatic heterocycles. The Morgan fingerprint density at radius 2 is 1.87 bits per heavy atom. The zero-order valence-electron chi connectivity index (χ0n) is 17.1. The Balaban J connectivity index is 2.08. The summed E-state index contributed by atoms with van der Waals surface area (Å²) in [6.45, 7) is 6.09. The van der Waals surface area contributed by atoms with Crippen LogP contribution in [0.5, 0.6) is 0 Å². The van der Waals surface area contributed by atoms with Gasteiger partial charge in [0.15, 0.2) is 0 Å². The molecule has 9 heteroatoms. The number of aryl methyl sites for hydroxylation is 1. The fourth-order valence-electron chi connectivity index (χ4n) is 2.91. The lowest BCUT2D eigenvalue weighted by molar-refractivity contribution is -0.384. The SMILES string of the molecule is CCCN(CC(=O)Nc1ccccc1C)C(C)C(=O)Nc1cc([N+](=O)[O-])ccc1Cl. The van der Waals surface area contributed by atoms with E-state index in [1.807, 2.05) is 38.1 Å². The van der Waals surface area contributed by atoms with Crippen molar-refractivity contribution in [3.63, 3.8) is 0 Å². The van der Waals surface area contributed by atoms with E-state index >= 15 is 0 Å². The van der Waals surface area contributed by atoms with Crippen molar-refractivity contribution in [2.45, 2.75) is 33.2 Å². The second kappa shape index (κ2) is 10.7. The predicted molar refractivity (Wildman–Crippen MR) is 118 cm³/mol. The number of benzene rings is 2. The highest BCUT2D eigenvalue weighted by molar-refractivity contribution is 6.33. The van der Waals surface area contributed by atoms with Gasteiger partial charge in [-0.25, -0.2) is 0 Å². The van der Waals surface area contributed by atoms with E-state index in [1.54, 1.807) is 11.8 Å². The number of hydrogen-bond donors (Lipinski definition) is 2. The van der Waals surface area contributed by atoms with Crippen molar-refractivity contribution in [2.24, 2.45) is 0 Å². The molecule has 2 N–H and O–H groups in total. The quantitative estimate of drug-likeness (QED) is 0.455. The summed E-state index contributed by atoms with van der Waals surface area (Å²) in [5.41, 5.74) is 1.65. The Labute approximate surface area is 180 Å². The fraction of sp³-hybridized carbons (Fsp3) is 0.333. The maximum atomic E-state index is 12.7. The van der Waals surface area contributed by atoms with Gasteiger partial charge in [-0.3, -0.25) is 24.6 Å². The molecule has 0 saturated heterocycles. The van der Waals surface area contributed by atoms with E-state index in [4.69, 9.17) is 11.6 Å². The molecule has 0 aliphatic carbocycles. The zero-order chi connectivity index (χ0) is 22.3. The van der Waals surface area contributed by atoms with Crippen LogP contribution in [0.25, 0.3) is 0 Å². The van der Waals surface area contributed by atoms with Gasteiger partial charge in [-0.05, 0) is 44.5 Å². The van der Waals surface area contributed by atoms with Crippen LogP contribution < -0.4 is 10.6 Å². The Kier molecular flexibility index (Phi) is 8.32. The number of amides is 2. The number of carbonyl (C=O) groups is 2. The number of carbonyl (C=O) groups excluding carboxylic acids is 2.